The van der Waals surface area contributed by atoms with E-state index in [0.29, 0.717) is 37.9 Å². The average molecular weight is 403 g/mol. The van der Waals surface area contributed by atoms with Crippen molar-refractivity contribution in [3.63, 3.8) is 0 Å². The van der Waals surface area contributed by atoms with E-state index >= 15 is 0 Å². The molecule has 0 atom stereocenters. The normalized spacial score (nSPS) is 13.8. The maximum atomic E-state index is 13.0. The molecule has 1 aromatic carbocycles. The Morgan fingerprint density at radius 2 is 1.66 bits per heavy atom. The standard InChI is InChI=1S/C18H21N5O6/c1-27-14-10-12(13(23(25)26)11-15(14)28-2)18(24)22-8-6-21(7-9-22)16-4-5-17(29-3)20-19-16/h4-5,10-11H,6-9H2,1-3H3. The number of rotatable bonds is 6. The Morgan fingerprint density at radius 1 is 1.00 bits per heavy atom. The highest BCUT2D eigenvalue weighted by atomic mass is 16.6. The Morgan fingerprint density at radius 3 is 2.17 bits per heavy atom. The molecule has 154 valence electrons. The highest BCUT2D eigenvalue weighted by Gasteiger charge is 2.30. The number of aromatic nitrogens is 2. The lowest BCUT2D eigenvalue weighted by Crippen LogP contribution is -2.49. The SMILES string of the molecule is COc1ccc(N2CCN(C(=O)c3cc(OC)c(OC)cc3[N+](=O)[O-])CC2)nn1. The summed E-state index contributed by atoms with van der Waals surface area (Å²) in [5, 5.41) is 19.5. The van der Waals surface area contributed by atoms with Crippen LogP contribution in [0, 0.1) is 10.1 Å². The molecule has 0 bridgehead atoms. The van der Waals surface area contributed by atoms with Crippen molar-refractivity contribution in [3.05, 3.63) is 39.9 Å². The number of anilines is 1. The first-order valence-corrected chi connectivity index (χ1v) is 8.80. The second kappa shape index (κ2) is 8.59. The molecule has 1 aliphatic heterocycles. The second-order valence-electron chi connectivity index (χ2n) is 6.19. The fraction of sp³-hybridized carbons (Fsp3) is 0.389. The molecule has 0 N–H and O–H groups in total. The van der Waals surface area contributed by atoms with Crippen LogP contribution in [0.4, 0.5) is 11.5 Å². The van der Waals surface area contributed by atoms with Crippen molar-refractivity contribution in [2.24, 2.45) is 0 Å². The van der Waals surface area contributed by atoms with Gasteiger partial charge in [-0.1, -0.05) is 0 Å². The predicted molar refractivity (Wildman–Crippen MR) is 103 cm³/mol. The van der Waals surface area contributed by atoms with E-state index in [1.807, 2.05) is 4.90 Å². The number of nitro groups is 1. The number of carbonyl (C=O) groups is 1. The number of amides is 1. The van der Waals surface area contributed by atoms with E-state index in [0.717, 1.165) is 0 Å². The zero-order valence-electron chi connectivity index (χ0n) is 16.3. The van der Waals surface area contributed by atoms with Crippen LogP contribution in [-0.4, -0.2) is 73.4 Å². The molecule has 11 nitrogen and oxygen atoms in total. The Hall–Kier alpha value is -3.63. The predicted octanol–water partition coefficient (Wildman–Crippen LogP) is 1.37. The third-order valence-corrected chi connectivity index (χ3v) is 4.65. The number of carbonyl (C=O) groups excluding carboxylic acids is 1. The van der Waals surface area contributed by atoms with Gasteiger partial charge < -0.3 is 24.0 Å². The van der Waals surface area contributed by atoms with Gasteiger partial charge in [-0.3, -0.25) is 14.9 Å². The van der Waals surface area contributed by atoms with Gasteiger partial charge in [0.25, 0.3) is 11.6 Å². The summed E-state index contributed by atoms with van der Waals surface area (Å²) in [7, 11) is 4.30. The minimum Gasteiger partial charge on any atom is -0.493 e. The fourth-order valence-corrected chi connectivity index (χ4v) is 3.09. The molecule has 1 aromatic heterocycles. The van der Waals surface area contributed by atoms with Crippen molar-refractivity contribution in [2.75, 3.05) is 52.4 Å². The van der Waals surface area contributed by atoms with Crippen molar-refractivity contribution in [3.8, 4) is 17.4 Å². The molecule has 11 heteroatoms. The van der Waals surface area contributed by atoms with Gasteiger partial charge in [0, 0.05) is 38.3 Å². The summed E-state index contributed by atoms with van der Waals surface area (Å²) in [6, 6.07) is 6.06. The van der Waals surface area contributed by atoms with Crippen LogP contribution < -0.4 is 19.1 Å². The number of nitro benzene ring substituents is 1. The molecule has 1 fully saturated rings. The summed E-state index contributed by atoms with van der Waals surface area (Å²) in [5.41, 5.74) is -0.360. The third kappa shape index (κ3) is 4.13. The number of hydrogen-bond donors (Lipinski definition) is 0. The molecule has 3 rings (SSSR count). The molecular formula is C18H21N5O6. The molecule has 0 radical (unpaired) electrons. The van der Waals surface area contributed by atoms with Crippen LogP contribution in [0.5, 0.6) is 17.4 Å². The lowest BCUT2D eigenvalue weighted by Gasteiger charge is -2.35. The van der Waals surface area contributed by atoms with E-state index < -0.39 is 10.8 Å². The summed E-state index contributed by atoms with van der Waals surface area (Å²) in [6.07, 6.45) is 0. The zero-order valence-corrected chi connectivity index (χ0v) is 16.3. The van der Waals surface area contributed by atoms with E-state index in [1.54, 1.807) is 17.0 Å². The first-order chi connectivity index (χ1) is 14.0. The van der Waals surface area contributed by atoms with Gasteiger partial charge in [0.15, 0.2) is 17.3 Å². The number of ether oxygens (including phenoxy) is 3. The molecule has 0 saturated carbocycles. The van der Waals surface area contributed by atoms with Crippen molar-refractivity contribution < 1.29 is 23.9 Å². The molecule has 0 aliphatic carbocycles. The van der Waals surface area contributed by atoms with Crippen LogP contribution in [0.15, 0.2) is 24.3 Å². The Balaban J connectivity index is 1.77. The van der Waals surface area contributed by atoms with Gasteiger partial charge in [-0.15, -0.1) is 10.2 Å². The third-order valence-electron chi connectivity index (χ3n) is 4.65. The highest BCUT2D eigenvalue weighted by Crippen LogP contribution is 2.35. The average Bonchev–Trinajstić information content (AvgIpc) is 2.77. The summed E-state index contributed by atoms with van der Waals surface area (Å²) in [5.74, 6) is 1.11. The van der Waals surface area contributed by atoms with Crippen LogP contribution in [-0.2, 0) is 0 Å². The maximum Gasteiger partial charge on any atom is 0.286 e. The quantitative estimate of drug-likeness (QED) is 0.520. The van der Waals surface area contributed by atoms with Gasteiger partial charge in [0.2, 0.25) is 5.88 Å². The first-order valence-electron chi connectivity index (χ1n) is 8.80. The van der Waals surface area contributed by atoms with Crippen LogP contribution >= 0.6 is 0 Å². The summed E-state index contributed by atoms with van der Waals surface area (Å²) < 4.78 is 15.3. The topological polar surface area (TPSA) is 120 Å². The van der Waals surface area contributed by atoms with Gasteiger partial charge in [-0.05, 0) is 6.07 Å². The molecule has 1 saturated heterocycles. The number of benzene rings is 1. The minimum atomic E-state index is -0.599. The van der Waals surface area contributed by atoms with Crippen molar-refractivity contribution >= 4 is 17.4 Å². The van der Waals surface area contributed by atoms with Crippen LogP contribution in [0.2, 0.25) is 0 Å². The maximum absolute atomic E-state index is 13.0. The molecular weight excluding hydrogens is 382 g/mol. The molecule has 2 heterocycles. The van der Waals surface area contributed by atoms with Gasteiger partial charge in [0.1, 0.15) is 5.56 Å². The van der Waals surface area contributed by atoms with Crippen molar-refractivity contribution in [2.45, 2.75) is 0 Å². The number of nitrogens with zero attached hydrogens (tertiary/aromatic N) is 5. The van der Waals surface area contributed by atoms with E-state index in [1.165, 1.54) is 33.5 Å². The Labute approximate surface area is 166 Å². The Bertz CT molecular complexity index is 896. The number of piperazine rings is 1. The zero-order chi connectivity index (χ0) is 21.0. The second-order valence-corrected chi connectivity index (χ2v) is 6.19. The molecule has 1 aliphatic rings. The number of methoxy groups -OCH3 is 3. The van der Waals surface area contributed by atoms with Gasteiger partial charge >= 0.3 is 0 Å². The summed E-state index contributed by atoms with van der Waals surface area (Å²) >= 11 is 0. The summed E-state index contributed by atoms with van der Waals surface area (Å²) in [4.78, 5) is 27.4. The lowest BCUT2D eigenvalue weighted by molar-refractivity contribution is -0.385. The summed E-state index contributed by atoms with van der Waals surface area (Å²) in [6.45, 7) is 1.82. The number of hydrogen-bond acceptors (Lipinski definition) is 9. The molecule has 0 unspecified atom stereocenters. The van der Waals surface area contributed by atoms with Crippen LogP contribution in [0.1, 0.15) is 10.4 Å². The van der Waals surface area contributed by atoms with Gasteiger partial charge in [-0.25, -0.2) is 0 Å². The molecule has 2 aromatic rings. The molecule has 0 spiro atoms. The van der Waals surface area contributed by atoms with Crippen molar-refractivity contribution in [1.29, 1.82) is 0 Å². The van der Waals surface area contributed by atoms with E-state index in [-0.39, 0.29) is 22.7 Å². The van der Waals surface area contributed by atoms with E-state index in [2.05, 4.69) is 10.2 Å². The molecule has 29 heavy (non-hydrogen) atoms. The van der Waals surface area contributed by atoms with Crippen molar-refractivity contribution in [1.82, 2.24) is 15.1 Å². The van der Waals surface area contributed by atoms with Crippen LogP contribution in [0.25, 0.3) is 0 Å². The van der Waals surface area contributed by atoms with Crippen LogP contribution in [0.3, 0.4) is 0 Å². The largest absolute Gasteiger partial charge is 0.493 e. The lowest BCUT2D eigenvalue weighted by atomic mass is 10.1. The smallest absolute Gasteiger partial charge is 0.286 e. The Kier molecular flexibility index (Phi) is 5.96. The minimum absolute atomic E-state index is 0.0367. The first kappa shape index (κ1) is 20.1. The van der Waals surface area contributed by atoms with E-state index in [9.17, 15) is 14.9 Å². The molecule has 1 amide bonds. The van der Waals surface area contributed by atoms with Gasteiger partial charge in [0.05, 0.1) is 32.3 Å². The highest BCUT2D eigenvalue weighted by molar-refractivity contribution is 5.99. The van der Waals surface area contributed by atoms with E-state index in [4.69, 9.17) is 14.2 Å². The van der Waals surface area contributed by atoms with Gasteiger partial charge in [-0.2, -0.15) is 0 Å². The monoisotopic (exact) mass is 403 g/mol. The fourth-order valence-electron chi connectivity index (χ4n) is 3.09.